The third-order valence-corrected chi connectivity index (χ3v) is 3.49. The van der Waals surface area contributed by atoms with Crippen LogP contribution in [0, 0.1) is 0 Å². The number of benzene rings is 1. The molecule has 0 atom stereocenters. The first-order valence-corrected chi connectivity index (χ1v) is 7.37. The Morgan fingerprint density at radius 3 is 2.39 bits per heavy atom. The third kappa shape index (κ3) is 4.60. The Morgan fingerprint density at radius 2 is 1.91 bits per heavy atom. The van der Waals surface area contributed by atoms with Crippen LogP contribution in [0.5, 0.6) is 5.75 Å². The quantitative estimate of drug-likeness (QED) is 0.892. The highest BCUT2D eigenvalue weighted by Crippen LogP contribution is 2.36. The first-order valence-electron chi connectivity index (χ1n) is 7.37. The van der Waals surface area contributed by atoms with Crippen LogP contribution in [-0.2, 0) is 17.5 Å². The maximum atomic E-state index is 13.2. The zero-order valence-corrected chi connectivity index (χ0v) is 13.4. The molecule has 23 heavy (non-hydrogen) atoms. The Morgan fingerprint density at radius 1 is 1.30 bits per heavy atom. The van der Waals surface area contributed by atoms with E-state index in [-0.39, 0.29) is 17.9 Å². The highest BCUT2D eigenvalue weighted by Gasteiger charge is 2.46. The van der Waals surface area contributed by atoms with Gasteiger partial charge >= 0.3 is 6.18 Å². The van der Waals surface area contributed by atoms with Crippen LogP contribution in [0.15, 0.2) is 18.2 Å². The van der Waals surface area contributed by atoms with E-state index in [1.807, 2.05) is 0 Å². The third-order valence-electron chi connectivity index (χ3n) is 3.49. The Kier molecular flexibility index (Phi) is 4.36. The van der Waals surface area contributed by atoms with Crippen LogP contribution in [0.4, 0.5) is 13.2 Å². The van der Waals surface area contributed by atoms with Gasteiger partial charge in [0, 0.05) is 6.54 Å². The second-order valence-corrected chi connectivity index (χ2v) is 6.87. The summed E-state index contributed by atoms with van der Waals surface area (Å²) >= 11 is 0. The van der Waals surface area contributed by atoms with Crippen LogP contribution in [0.2, 0.25) is 0 Å². The average Bonchev–Trinajstić information content (AvgIpc) is 3.13. The maximum absolute atomic E-state index is 13.2. The molecule has 0 bridgehead atoms. The minimum absolute atomic E-state index is 0.0173. The number of carbonyl (C=O) groups excluding carboxylic acids is 1. The van der Waals surface area contributed by atoms with Crippen LogP contribution < -0.4 is 15.8 Å². The zero-order chi connectivity index (χ0) is 17.5. The molecule has 0 radical (unpaired) electrons. The smallest absolute Gasteiger partial charge is 0.416 e. The zero-order valence-electron chi connectivity index (χ0n) is 13.4. The summed E-state index contributed by atoms with van der Waals surface area (Å²) < 4.78 is 45.2. The van der Waals surface area contributed by atoms with E-state index in [1.54, 1.807) is 20.8 Å². The summed E-state index contributed by atoms with van der Waals surface area (Å²) in [4.78, 5) is 11.8. The fraction of sp³-hybridized carbons (Fsp3) is 0.562. The Hall–Kier alpha value is -1.76. The number of nitrogens with one attached hydrogen (secondary N) is 1. The molecular weight excluding hydrogens is 309 g/mol. The second-order valence-electron chi connectivity index (χ2n) is 6.87. The van der Waals surface area contributed by atoms with Crippen molar-refractivity contribution in [3.8, 4) is 5.75 Å². The Balaban J connectivity index is 2.19. The molecular formula is C16H21F3N2O2. The minimum atomic E-state index is -4.53. The molecule has 1 amide bonds. The lowest BCUT2D eigenvalue weighted by atomic mass is 10.1. The lowest BCUT2D eigenvalue weighted by molar-refractivity contribution is -0.138. The summed E-state index contributed by atoms with van der Waals surface area (Å²) in [6.07, 6.45) is -3.41. The summed E-state index contributed by atoms with van der Waals surface area (Å²) in [5, 5.41) is 2.48. The van der Waals surface area contributed by atoms with Crippen molar-refractivity contribution in [2.45, 2.75) is 57.5 Å². The van der Waals surface area contributed by atoms with E-state index in [4.69, 9.17) is 10.5 Å². The first-order chi connectivity index (χ1) is 10.4. The summed E-state index contributed by atoms with van der Waals surface area (Å²) in [6, 6.07) is 3.75. The number of amides is 1. The van der Waals surface area contributed by atoms with E-state index in [0.29, 0.717) is 12.8 Å². The summed E-state index contributed by atoms with van der Waals surface area (Å²) in [5.74, 6) is -0.280. The van der Waals surface area contributed by atoms with Crippen LogP contribution in [0.3, 0.4) is 0 Å². The van der Waals surface area contributed by atoms with E-state index < -0.39 is 28.8 Å². The van der Waals surface area contributed by atoms with Gasteiger partial charge < -0.3 is 15.8 Å². The summed E-state index contributed by atoms with van der Waals surface area (Å²) in [6.45, 7) is 5.04. The number of nitrogens with two attached hydrogens (primary N) is 1. The minimum Gasteiger partial charge on any atom is -0.488 e. The number of carbonyl (C=O) groups is 1. The topological polar surface area (TPSA) is 64.3 Å². The molecule has 0 saturated heterocycles. The molecule has 7 heteroatoms. The van der Waals surface area contributed by atoms with Gasteiger partial charge in [0.15, 0.2) is 0 Å². The van der Waals surface area contributed by atoms with Crippen molar-refractivity contribution in [2.75, 3.05) is 0 Å². The molecule has 1 saturated carbocycles. The number of hydrogen-bond acceptors (Lipinski definition) is 3. The number of ether oxygens (including phenoxy) is 1. The van der Waals surface area contributed by atoms with Gasteiger partial charge in [0.1, 0.15) is 11.4 Å². The van der Waals surface area contributed by atoms with Crippen molar-refractivity contribution < 1.29 is 22.7 Å². The van der Waals surface area contributed by atoms with Crippen molar-refractivity contribution in [1.29, 1.82) is 0 Å². The first kappa shape index (κ1) is 17.6. The second kappa shape index (κ2) is 5.70. The van der Waals surface area contributed by atoms with E-state index >= 15 is 0 Å². The molecule has 3 N–H and O–H groups in total. The normalized spacial score (nSPS) is 16.8. The van der Waals surface area contributed by atoms with E-state index in [1.165, 1.54) is 12.1 Å². The van der Waals surface area contributed by atoms with Gasteiger partial charge in [-0.25, -0.2) is 0 Å². The highest BCUT2D eigenvalue weighted by atomic mass is 19.4. The SMILES string of the molecule is CC(C)(C)Oc1ccc(CNC(=O)C2(N)CC2)c(C(F)(F)F)c1. The van der Waals surface area contributed by atoms with Crippen molar-refractivity contribution in [2.24, 2.45) is 5.73 Å². The van der Waals surface area contributed by atoms with Crippen molar-refractivity contribution in [1.82, 2.24) is 5.32 Å². The van der Waals surface area contributed by atoms with Gasteiger partial charge in [-0.3, -0.25) is 4.79 Å². The Bertz CT molecular complexity index is 602. The molecule has 2 rings (SSSR count). The summed E-state index contributed by atoms with van der Waals surface area (Å²) in [5.41, 5.74) is 3.37. The standard InChI is InChI=1S/C16H21F3N2O2/c1-14(2,3)23-11-5-4-10(12(8-11)16(17,18)19)9-21-13(22)15(20)6-7-15/h4-5,8H,6-7,9,20H2,1-3H3,(H,21,22). The molecule has 0 aliphatic heterocycles. The lowest BCUT2D eigenvalue weighted by Crippen LogP contribution is -2.42. The monoisotopic (exact) mass is 330 g/mol. The Labute approximate surface area is 133 Å². The van der Waals surface area contributed by atoms with Crippen LogP contribution in [0.1, 0.15) is 44.7 Å². The molecule has 1 aliphatic rings. The molecule has 0 aromatic heterocycles. The number of rotatable bonds is 4. The molecule has 4 nitrogen and oxygen atoms in total. The van der Waals surface area contributed by atoms with Crippen LogP contribution in [-0.4, -0.2) is 17.0 Å². The molecule has 0 spiro atoms. The van der Waals surface area contributed by atoms with Crippen molar-refractivity contribution >= 4 is 5.91 Å². The van der Waals surface area contributed by atoms with Gasteiger partial charge in [-0.15, -0.1) is 0 Å². The fourth-order valence-corrected chi connectivity index (χ4v) is 2.10. The molecule has 1 aromatic carbocycles. The van der Waals surface area contributed by atoms with Gasteiger partial charge in [0.2, 0.25) is 5.91 Å². The van der Waals surface area contributed by atoms with Crippen LogP contribution in [0.25, 0.3) is 0 Å². The fourth-order valence-electron chi connectivity index (χ4n) is 2.10. The lowest BCUT2D eigenvalue weighted by Gasteiger charge is -2.23. The van der Waals surface area contributed by atoms with E-state index in [9.17, 15) is 18.0 Å². The summed E-state index contributed by atoms with van der Waals surface area (Å²) in [7, 11) is 0. The highest BCUT2D eigenvalue weighted by molar-refractivity contribution is 5.88. The van der Waals surface area contributed by atoms with Gasteiger partial charge in [0.05, 0.1) is 11.1 Å². The molecule has 1 aliphatic carbocycles. The van der Waals surface area contributed by atoms with Crippen molar-refractivity contribution in [3.63, 3.8) is 0 Å². The van der Waals surface area contributed by atoms with Crippen LogP contribution >= 0.6 is 0 Å². The molecule has 0 unspecified atom stereocenters. The van der Waals surface area contributed by atoms with E-state index in [2.05, 4.69) is 5.32 Å². The number of halogens is 3. The molecule has 1 aromatic rings. The number of alkyl halides is 3. The molecule has 0 heterocycles. The molecule has 1 fully saturated rings. The average molecular weight is 330 g/mol. The maximum Gasteiger partial charge on any atom is 0.416 e. The molecule has 128 valence electrons. The van der Waals surface area contributed by atoms with Gasteiger partial charge in [0.25, 0.3) is 0 Å². The van der Waals surface area contributed by atoms with Crippen molar-refractivity contribution in [3.05, 3.63) is 29.3 Å². The predicted molar refractivity (Wildman–Crippen MR) is 79.8 cm³/mol. The largest absolute Gasteiger partial charge is 0.488 e. The predicted octanol–water partition coefficient (Wildman–Crippen LogP) is 2.99. The van der Waals surface area contributed by atoms with E-state index in [0.717, 1.165) is 6.07 Å². The number of hydrogen-bond donors (Lipinski definition) is 2. The van der Waals surface area contributed by atoms with Gasteiger partial charge in [-0.05, 0) is 51.3 Å². The van der Waals surface area contributed by atoms with Gasteiger partial charge in [-0.1, -0.05) is 6.07 Å². The van der Waals surface area contributed by atoms with Gasteiger partial charge in [-0.2, -0.15) is 13.2 Å².